The number of rotatable bonds is 5. The molecular formula is C16H16FN3O5. The van der Waals surface area contributed by atoms with Crippen LogP contribution in [0.15, 0.2) is 18.2 Å². The molecule has 1 saturated carbocycles. The molecule has 9 heteroatoms. The van der Waals surface area contributed by atoms with Gasteiger partial charge < -0.3 is 15.7 Å². The van der Waals surface area contributed by atoms with Crippen LogP contribution >= 0.6 is 0 Å². The molecular weight excluding hydrogens is 333 g/mol. The smallest absolute Gasteiger partial charge is 0.335 e. The minimum absolute atomic E-state index is 0.0676. The molecule has 0 bridgehead atoms. The number of carboxylic acids is 1. The second kappa shape index (κ2) is 5.83. The number of urea groups is 1. The standard InChI is InChI=1S/C16H16FN3O5/c1-16(9-3-4-9)14(24)20(15(25)19-16)7-12(21)18-11-5-2-8(13(22)23)6-10(11)17/h2,5-6,9H,3-4,7H2,1H3,(H,18,21)(H,19,25)(H,22,23). The van der Waals surface area contributed by atoms with Crippen molar-refractivity contribution in [3.63, 3.8) is 0 Å². The fraction of sp³-hybridized carbons (Fsp3) is 0.375. The predicted octanol–water partition coefficient (Wildman–Crippen LogP) is 1.18. The van der Waals surface area contributed by atoms with Gasteiger partial charge in [-0.2, -0.15) is 0 Å². The summed E-state index contributed by atoms with van der Waals surface area (Å²) in [7, 11) is 0. The first-order valence-corrected chi connectivity index (χ1v) is 7.69. The summed E-state index contributed by atoms with van der Waals surface area (Å²) in [6.45, 7) is 1.08. The van der Waals surface area contributed by atoms with Gasteiger partial charge in [0.1, 0.15) is 17.9 Å². The maximum Gasteiger partial charge on any atom is 0.335 e. The van der Waals surface area contributed by atoms with Crippen molar-refractivity contribution in [1.82, 2.24) is 10.2 Å². The van der Waals surface area contributed by atoms with Crippen LogP contribution < -0.4 is 10.6 Å². The number of carboxylic acid groups (broad SMARTS) is 1. The highest BCUT2D eigenvalue weighted by molar-refractivity contribution is 6.10. The van der Waals surface area contributed by atoms with Gasteiger partial charge in [0.15, 0.2) is 0 Å². The summed E-state index contributed by atoms with van der Waals surface area (Å²) in [6.07, 6.45) is 1.67. The highest BCUT2D eigenvalue weighted by Crippen LogP contribution is 2.42. The largest absolute Gasteiger partial charge is 0.478 e. The third-order valence-electron chi connectivity index (χ3n) is 4.49. The van der Waals surface area contributed by atoms with Crippen molar-refractivity contribution < 1.29 is 28.7 Å². The highest BCUT2D eigenvalue weighted by atomic mass is 19.1. The summed E-state index contributed by atoms with van der Waals surface area (Å²) < 4.78 is 13.8. The summed E-state index contributed by atoms with van der Waals surface area (Å²) in [5.41, 5.74) is -1.48. The average Bonchev–Trinajstić information content (AvgIpc) is 3.35. The molecule has 2 aliphatic rings. The van der Waals surface area contributed by atoms with Crippen molar-refractivity contribution in [2.45, 2.75) is 25.3 Å². The van der Waals surface area contributed by atoms with Gasteiger partial charge in [0.05, 0.1) is 11.3 Å². The first kappa shape index (κ1) is 16.9. The van der Waals surface area contributed by atoms with Crippen molar-refractivity contribution in [2.75, 3.05) is 11.9 Å². The molecule has 1 aliphatic heterocycles. The third kappa shape index (κ3) is 3.04. The molecule has 25 heavy (non-hydrogen) atoms. The van der Waals surface area contributed by atoms with Crippen LogP contribution in [0, 0.1) is 11.7 Å². The van der Waals surface area contributed by atoms with Gasteiger partial charge in [0.25, 0.3) is 5.91 Å². The van der Waals surface area contributed by atoms with E-state index >= 15 is 0 Å². The number of halogens is 1. The zero-order valence-electron chi connectivity index (χ0n) is 13.3. The zero-order valence-corrected chi connectivity index (χ0v) is 13.3. The number of nitrogens with one attached hydrogen (secondary N) is 2. The molecule has 0 radical (unpaired) electrons. The molecule has 1 unspecified atom stereocenters. The molecule has 3 N–H and O–H groups in total. The van der Waals surface area contributed by atoms with E-state index in [1.807, 2.05) is 0 Å². The Labute approximate surface area is 142 Å². The van der Waals surface area contributed by atoms with Crippen LogP contribution in [0.25, 0.3) is 0 Å². The Hall–Kier alpha value is -2.97. The van der Waals surface area contributed by atoms with E-state index in [1.54, 1.807) is 6.92 Å². The van der Waals surface area contributed by atoms with Gasteiger partial charge in [0, 0.05) is 0 Å². The molecule has 132 valence electrons. The van der Waals surface area contributed by atoms with Crippen molar-refractivity contribution in [3.05, 3.63) is 29.6 Å². The molecule has 2 fully saturated rings. The summed E-state index contributed by atoms with van der Waals surface area (Å²) in [5.74, 6) is -3.39. The van der Waals surface area contributed by atoms with Crippen LogP contribution in [0.4, 0.5) is 14.9 Å². The van der Waals surface area contributed by atoms with Gasteiger partial charge in [-0.3, -0.25) is 14.5 Å². The summed E-state index contributed by atoms with van der Waals surface area (Å²) in [6, 6.07) is 2.36. The average molecular weight is 349 g/mol. The Morgan fingerprint density at radius 2 is 2.08 bits per heavy atom. The van der Waals surface area contributed by atoms with Gasteiger partial charge >= 0.3 is 12.0 Å². The minimum atomic E-state index is -1.30. The summed E-state index contributed by atoms with van der Waals surface area (Å²) in [5, 5.41) is 13.6. The van der Waals surface area contributed by atoms with Gasteiger partial charge in [-0.05, 0) is 43.9 Å². The van der Waals surface area contributed by atoms with Crippen LogP contribution in [0.3, 0.4) is 0 Å². The van der Waals surface area contributed by atoms with E-state index in [4.69, 9.17) is 5.11 Å². The van der Waals surface area contributed by atoms with E-state index in [2.05, 4.69) is 10.6 Å². The van der Waals surface area contributed by atoms with Crippen molar-refractivity contribution in [3.8, 4) is 0 Å². The maximum atomic E-state index is 13.8. The van der Waals surface area contributed by atoms with Crippen LogP contribution in [0.2, 0.25) is 0 Å². The number of anilines is 1. The lowest BCUT2D eigenvalue weighted by atomic mass is 9.96. The summed E-state index contributed by atoms with van der Waals surface area (Å²) >= 11 is 0. The molecule has 1 aliphatic carbocycles. The number of hydrogen-bond donors (Lipinski definition) is 3. The topological polar surface area (TPSA) is 116 Å². The Morgan fingerprint density at radius 1 is 1.40 bits per heavy atom. The zero-order chi connectivity index (χ0) is 18.4. The second-order valence-corrected chi connectivity index (χ2v) is 6.35. The number of amides is 4. The molecule has 8 nitrogen and oxygen atoms in total. The molecule has 1 heterocycles. The number of benzene rings is 1. The van der Waals surface area contributed by atoms with Gasteiger partial charge in [0.2, 0.25) is 5.91 Å². The van der Waals surface area contributed by atoms with Crippen molar-refractivity contribution in [1.29, 1.82) is 0 Å². The SMILES string of the molecule is CC1(C2CC2)NC(=O)N(CC(=O)Nc2ccc(C(=O)O)cc2F)C1=O. The fourth-order valence-electron chi connectivity index (χ4n) is 2.88. The lowest BCUT2D eigenvalue weighted by Gasteiger charge is -2.20. The molecule has 1 aromatic rings. The number of imide groups is 1. The van der Waals surface area contributed by atoms with E-state index in [1.165, 1.54) is 0 Å². The maximum absolute atomic E-state index is 13.8. The highest BCUT2D eigenvalue weighted by Gasteiger charge is 2.56. The first-order chi connectivity index (χ1) is 11.7. The number of nitrogens with zero attached hydrogens (tertiary/aromatic N) is 1. The molecule has 1 atom stereocenters. The third-order valence-corrected chi connectivity index (χ3v) is 4.49. The number of hydrogen-bond acceptors (Lipinski definition) is 4. The van der Waals surface area contributed by atoms with Gasteiger partial charge in [-0.25, -0.2) is 14.0 Å². The molecule has 0 spiro atoms. The van der Waals surface area contributed by atoms with E-state index in [0.717, 1.165) is 35.9 Å². The van der Waals surface area contributed by atoms with Gasteiger partial charge in [-0.1, -0.05) is 0 Å². The molecule has 0 aromatic heterocycles. The van der Waals surface area contributed by atoms with Crippen LogP contribution in [0.1, 0.15) is 30.1 Å². The van der Waals surface area contributed by atoms with Crippen LogP contribution in [-0.2, 0) is 9.59 Å². The molecule has 4 amide bonds. The van der Waals surface area contributed by atoms with Gasteiger partial charge in [-0.15, -0.1) is 0 Å². The first-order valence-electron chi connectivity index (χ1n) is 7.69. The number of carbonyl (C=O) groups excluding carboxylic acids is 3. The molecule has 1 saturated heterocycles. The van der Waals surface area contributed by atoms with E-state index in [9.17, 15) is 23.6 Å². The molecule has 1 aromatic carbocycles. The minimum Gasteiger partial charge on any atom is -0.478 e. The Kier molecular flexibility index (Phi) is 3.94. The lowest BCUT2D eigenvalue weighted by Crippen LogP contribution is -2.46. The van der Waals surface area contributed by atoms with Crippen molar-refractivity contribution in [2.24, 2.45) is 5.92 Å². The van der Waals surface area contributed by atoms with E-state index in [-0.39, 0.29) is 17.2 Å². The quantitative estimate of drug-likeness (QED) is 0.691. The van der Waals surface area contributed by atoms with Crippen LogP contribution in [-0.4, -0.2) is 45.9 Å². The van der Waals surface area contributed by atoms with E-state index in [0.29, 0.717) is 0 Å². The monoisotopic (exact) mass is 349 g/mol. The lowest BCUT2D eigenvalue weighted by molar-refractivity contribution is -0.134. The van der Waals surface area contributed by atoms with E-state index < -0.39 is 41.7 Å². The van der Waals surface area contributed by atoms with Crippen molar-refractivity contribution >= 4 is 29.5 Å². The Morgan fingerprint density at radius 3 is 2.64 bits per heavy atom. The normalized spacial score (nSPS) is 22.7. The summed E-state index contributed by atoms with van der Waals surface area (Å²) in [4.78, 5) is 48.0. The molecule has 3 rings (SSSR count). The van der Waals surface area contributed by atoms with Crippen LogP contribution in [0.5, 0.6) is 0 Å². The Balaban J connectivity index is 1.68. The fourth-order valence-corrected chi connectivity index (χ4v) is 2.88. The number of aromatic carboxylic acids is 1. The Bertz CT molecular complexity index is 792. The number of carbonyl (C=O) groups is 4. The predicted molar refractivity (Wildman–Crippen MR) is 83.4 cm³/mol. The second-order valence-electron chi connectivity index (χ2n) is 6.35.